The number of H-pyrrole nitrogens is 1. The first-order chi connectivity index (χ1) is 14.8. The lowest BCUT2D eigenvalue weighted by Crippen LogP contribution is -2.31. The van der Waals surface area contributed by atoms with Gasteiger partial charge in [0.1, 0.15) is 11.7 Å². The van der Waals surface area contributed by atoms with Gasteiger partial charge in [-0.2, -0.15) is 18.4 Å². The van der Waals surface area contributed by atoms with E-state index in [2.05, 4.69) is 25.3 Å². The zero-order chi connectivity index (χ0) is 22.2. The maximum absolute atomic E-state index is 13.2. The molecule has 3 aromatic rings. The summed E-state index contributed by atoms with van der Waals surface area (Å²) >= 11 is 0. The van der Waals surface area contributed by atoms with Crippen LogP contribution in [0.3, 0.4) is 0 Å². The van der Waals surface area contributed by atoms with Gasteiger partial charge in [-0.05, 0) is 44.6 Å². The van der Waals surface area contributed by atoms with Gasteiger partial charge in [0.15, 0.2) is 0 Å². The first-order valence-corrected chi connectivity index (χ1v) is 10.0. The molecule has 0 radical (unpaired) electrons. The molecule has 0 spiro atoms. The highest BCUT2D eigenvalue weighted by Gasteiger charge is 2.32. The van der Waals surface area contributed by atoms with Crippen molar-refractivity contribution in [2.75, 3.05) is 5.32 Å². The summed E-state index contributed by atoms with van der Waals surface area (Å²) in [5, 5.41) is 22.7. The fourth-order valence-electron chi connectivity index (χ4n) is 4.02. The molecule has 1 aliphatic rings. The Morgan fingerprint density at radius 1 is 1.23 bits per heavy atom. The standard InChI is InChI=1S/C21H21F3N6O/c1-11(12-2-4-15(31)5-3-12)29-20-28-8-13(7-25)18(30-20)17-10-27-19-16(17)6-14(9-26-19)21(22,23)24/h6,8-12,15,31H,2-5H2,1H3,(H,26,27)(H,28,29,30)/t11-,12-,15+/m1/s1. The molecule has 0 amide bonds. The molecule has 0 saturated heterocycles. The van der Waals surface area contributed by atoms with Crippen LogP contribution in [0.25, 0.3) is 22.3 Å². The lowest BCUT2D eigenvalue weighted by molar-refractivity contribution is -0.137. The molecule has 3 heterocycles. The van der Waals surface area contributed by atoms with Gasteiger partial charge in [-0.3, -0.25) is 0 Å². The number of nitrogens with zero attached hydrogens (tertiary/aromatic N) is 4. The second-order valence-electron chi connectivity index (χ2n) is 7.89. The van der Waals surface area contributed by atoms with Crippen molar-refractivity contribution in [2.24, 2.45) is 5.92 Å². The van der Waals surface area contributed by atoms with Crippen LogP contribution in [-0.4, -0.2) is 37.2 Å². The third-order valence-electron chi connectivity index (χ3n) is 5.83. The van der Waals surface area contributed by atoms with Gasteiger partial charge in [0.25, 0.3) is 0 Å². The van der Waals surface area contributed by atoms with E-state index in [1.165, 1.54) is 12.4 Å². The highest BCUT2D eigenvalue weighted by molar-refractivity contribution is 5.94. The van der Waals surface area contributed by atoms with Gasteiger partial charge < -0.3 is 15.4 Å². The molecular formula is C21H21F3N6O. The minimum atomic E-state index is -4.53. The molecule has 7 nitrogen and oxygen atoms in total. The third-order valence-corrected chi connectivity index (χ3v) is 5.83. The summed E-state index contributed by atoms with van der Waals surface area (Å²) in [6.45, 7) is 2.01. The van der Waals surface area contributed by atoms with Crippen molar-refractivity contribution in [3.63, 3.8) is 0 Å². The second-order valence-corrected chi connectivity index (χ2v) is 7.89. The van der Waals surface area contributed by atoms with Crippen molar-refractivity contribution in [1.29, 1.82) is 5.26 Å². The van der Waals surface area contributed by atoms with Crippen LogP contribution in [0.1, 0.15) is 43.7 Å². The van der Waals surface area contributed by atoms with Crippen LogP contribution < -0.4 is 5.32 Å². The summed E-state index contributed by atoms with van der Waals surface area (Å²) in [6.07, 6.45) is 2.11. The number of aliphatic hydroxyl groups excluding tert-OH is 1. The Kier molecular flexibility index (Phi) is 5.54. The van der Waals surface area contributed by atoms with E-state index in [1.807, 2.05) is 13.0 Å². The van der Waals surface area contributed by atoms with E-state index in [1.54, 1.807) is 0 Å². The number of alkyl halides is 3. The molecule has 0 bridgehead atoms. The molecule has 3 N–H and O–H groups in total. The number of aromatic nitrogens is 4. The number of halogens is 3. The van der Waals surface area contributed by atoms with Gasteiger partial charge in [-0.1, -0.05) is 0 Å². The summed E-state index contributed by atoms with van der Waals surface area (Å²) < 4.78 is 39.5. The maximum atomic E-state index is 13.2. The largest absolute Gasteiger partial charge is 0.417 e. The van der Waals surface area contributed by atoms with Crippen molar-refractivity contribution in [3.8, 4) is 17.3 Å². The molecule has 1 atom stereocenters. The normalized spacial score (nSPS) is 20.4. The van der Waals surface area contributed by atoms with E-state index in [0.717, 1.165) is 37.9 Å². The monoisotopic (exact) mass is 430 g/mol. The van der Waals surface area contributed by atoms with Crippen LogP contribution in [0.4, 0.5) is 19.1 Å². The molecular weight excluding hydrogens is 409 g/mol. The quantitative estimate of drug-likeness (QED) is 0.570. The molecule has 1 aliphatic carbocycles. The average molecular weight is 430 g/mol. The van der Waals surface area contributed by atoms with Crippen LogP contribution in [-0.2, 0) is 6.18 Å². The molecule has 1 saturated carbocycles. The highest BCUT2D eigenvalue weighted by Crippen LogP contribution is 2.35. The van der Waals surface area contributed by atoms with E-state index in [-0.39, 0.29) is 34.4 Å². The van der Waals surface area contributed by atoms with Crippen molar-refractivity contribution in [2.45, 2.75) is 50.9 Å². The van der Waals surface area contributed by atoms with Gasteiger partial charge in [-0.15, -0.1) is 0 Å². The highest BCUT2D eigenvalue weighted by atomic mass is 19.4. The lowest BCUT2D eigenvalue weighted by Gasteiger charge is -2.30. The van der Waals surface area contributed by atoms with Crippen LogP contribution >= 0.6 is 0 Å². The fraction of sp³-hybridized carbons (Fsp3) is 0.429. The molecule has 3 aromatic heterocycles. The third kappa shape index (κ3) is 4.32. The number of fused-ring (bicyclic) bond motifs is 1. The number of aromatic amines is 1. The lowest BCUT2D eigenvalue weighted by atomic mass is 9.83. The van der Waals surface area contributed by atoms with E-state index in [0.29, 0.717) is 17.4 Å². The number of pyridine rings is 1. The van der Waals surface area contributed by atoms with Crippen molar-refractivity contribution >= 4 is 17.0 Å². The summed E-state index contributed by atoms with van der Waals surface area (Å²) in [6, 6.07) is 3.04. The van der Waals surface area contributed by atoms with Crippen LogP contribution in [0.5, 0.6) is 0 Å². The number of hydrogen-bond acceptors (Lipinski definition) is 6. The minimum Gasteiger partial charge on any atom is -0.393 e. The predicted octanol–water partition coefficient (Wildman–Crippen LogP) is 4.26. The molecule has 0 aliphatic heterocycles. The van der Waals surface area contributed by atoms with Gasteiger partial charge in [0.05, 0.1) is 29.1 Å². The van der Waals surface area contributed by atoms with Crippen LogP contribution in [0, 0.1) is 17.2 Å². The summed E-state index contributed by atoms with van der Waals surface area (Å²) in [5.74, 6) is 0.639. The Hall–Kier alpha value is -3.19. The van der Waals surface area contributed by atoms with Crippen molar-refractivity contribution < 1.29 is 18.3 Å². The Bertz CT molecular complexity index is 1130. The number of aliphatic hydroxyl groups is 1. The topological polar surface area (TPSA) is 111 Å². The maximum Gasteiger partial charge on any atom is 0.417 e. The molecule has 162 valence electrons. The van der Waals surface area contributed by atoms with Crippen molar-refractivity contribution in [1.82, 2.24) is 19.9 Å². The SMILES string of the molecule is C[C@@H](Nc1ncc(C#N)c(-c2c[nH]c3ncc(C(F)(F)F)cc23)n1)[C@H]1CC[C@@H](O)CC1. The molecule has 10 heteroatoms. The zero-order valence-electron chi connectivity index (χ0n) is 16.7. The molecule has 31 heavy (non-hydrogen) atoms. The smallest absolute Gasteiger partial charge is 0.393 e. The first-order valence-electron chi connectivity index (χ1n) is 10.0. The van der Waals surface area contributed by atoms with Gasteiger partial charge in [-0.25, -0.2) is 15.0 Å². The number of nitriles is 1. The summed E-state index contributed by atoms with van der Waals surface area (Å²) in [5.41, 5.74) is 0.133. The van der Waals surface area contributed by atoms with Gasteiger partial charge in [0, 0.05) is 29.4 Å². The van der Waals surface area contributed by atoms with E-state index in [9.17, 15) is 23.5 Å². The van der Waals surface area contributed by atoms with Crippen molar-refractivity contribution in [3.05, 3.63) is 35.8 Å². The zero-order valence-corrected chi connectivity index (χ0v) is 16.7. The second kappa shape index (κ2) is 8.15. The van der Waals surface area contributed by atoms with Gasteiger partial charge >= 0.3 is 6.18 Å². The number of anilines is 1. The molecule has 0 unspecified atom stereocenters. The number of rotatable bonds is 4. The molecule has 1 fully saturated rings. The van der Waals surface area contributed by atoms with Crippen LogP contribution in [0.2, 0.25) is 0 Å². The predicted molar refractivity (Wildman–Crippen MR) is 108 cm³/mol. The number of hydrogen-bond donors (Lipinski definition) is 3. The summed E-state index contributed by atoms with van der Waals surface area (Å²) in [4.78, 5) is 15.4. The Morgan fingerprint density at radius 2 is 1.97 bits per heavy atom. The average Bonchev–Trinajstić information content (AvgIpc) is 3.16. The number of nitrogens with one attached hydrogen (secondary N) is 2. The minimum absolute atomic E-state index is 0.0368. The van der Waals surface area contributed by atoms with Gasteiger partial charge in [0.2, 0.25) is 5.95 Å². The fourth-order valence-corrected chi connectivity index (χ4v) is 4.02. The molecule has 0 aromatic carbocycles. The van der Waals surface area contributed by atoms with E-state index >= 15 is 0 Å². The van der Waals surface area contributed by atoms with E-state index in [4.69, 9.17) is 0 Å². The first kappa shape index (κ1) is 21.1. The Balaban J connectivity index is 1.68. The van der Waals surface area contributed by atoms with Crippen LogP contribution in [0.15, 0.2) is 24.7 Å². The van der Waals surface area contributed by atoms with E-state index < -0.39 is 11.7 Å². The molecule has 4 rings (SSSR count). The Labute approximate surface area is 176 Å². The Morgan fingerprint density at radius 3 is 2.65 bits per heavy atom. The summed E-state index contributed by atoms with van der Waals surface area (Å²) in [7, 11) is 0.